The predicted molar refractivity (Wildman–Crippen MR) is 93.5 cm³/mol. The van der Waals surface area contributed by atoms with Gasteiger partial charge in [0.05, 0.1) is 12.0 Å². The number of thioether (sulfide) groups is 1. The topological polar surface area (TPSA) is 65.8 Å². The van der Waals surface area contributed by atoms with Crippen LogP contribution in [0.25, 0.3) is 0 Å². The Balaban J connectivity index is 1.57. The smallest absolute Gasteiger partial charge is 0.321 e. The third kappa shape index (κ3) is 4.34. The van der Waals surface area contributed by atoms with E-state index in [0.29, 0.717) is 48.5 Å². The summed E-state index contributed by atoms with van der Waals surface area (Å²) in [6.45, 7) is 1.45. The van der Waals surface area contributed by atoms with Gasteiger partial charge in [-0.1, -0.05) is 23.9 Å². The van der Waals surface area contributed by atoms with E-state index in [2.05, 4.69) is 5.32 Å². The van der Waals surface area contributed by atoms with E-state index in [-0.39, 0.29) is 17.7 Å². The van der Waals surface area contributed by atoms with E-state index in [9.17, 15) is 18.4 Å². The van der Waals surface area contributed by atoms with Gasteiger partial charge in [0, 0.05) is 31.1 Å². The molecule has 0 radical (unpaired) electrons. The molecule has 0 bridgehead atoms. The Hall–Kier alpha value is -2.55. The summed E-state index contributed by atoms with van der Waals surface area (Å²) in [4.78, 5) is 28.1. The van der Waals surface area contributed by atoms with Crippen molar-refractivity contribution in [2.24, 2.45) is 0 Å². The molecule has 6 nitrogen and oxygen atoms in total. The molecule has 2 heterocycles. The molecule has 0 saturated carbocycles. The van der Waals surface area contributed by atoms with Crippen molar-refractivity contribution in [2.75, 3.05) is 31.5 Å². The standard InChI is InChI=1S/C17H17F2N3O3S/c18-16(19)26-14-6-2-1-4-12(14)20-17(24)22-9-7-21(8-10-22)15(23)13-5-3-11-25-13/h1-6,11,16H,7-10H2,(H,20,24). The van der Waals surface area contributed by atoms with Crippen LogP contribution in [0.5, 0.6) is 0 Å². The fraction of sp³-hybridized carbons (Fsp3) is 0.294. The van der Waals surface area contributed by atoms with Crippen molar-refractivity contribution in [2.45, 2.75) is 10.7 Å². The van der Waals surface area contributed by atoms with E-state index in [1.54, 1.807) is 40.1 Å². The summed E-state index contributed by atoms with van der Waals surface area (Å²) in [5, 5.41) is 2.67. The molecule has 9 heteroatoms. The van der Waals surface area contributed by atoms with Crippen molar-refractivity contribution in [3.8, 4) is 0 Å². The van der Waals surface area contributed by atoms with Crippen molar-refractivity contribution in [3.05, 3.63) is 48.4 Å². The maximum atomic E-state index is 12.6. The van der Waals surface area contributed by atoms with Crippen molar-refractivity contribution >= 4 is 29.4 Å². The molecule has 3 rings (SSSR count). The first kappa shape index (κ1) is 18.2. The minimum atomic E-state index is -2.57. The second-order valence-corrected chi connectivity index (χ2v) is 6.59. The van der Waals surface area contributed by atoms with E-state index < -0.39 is 5.76 Å². The Bertz CT molecular complexity index is 762. The molecule has 3 amide bonds. The lowest BCUT2D eigenvalue weighted by atomic mass is 10.3. The molecule has 0 atom stereocenters. The lowest BCUT2D eigenvalue weighted by Gasteiger charge is -2.34. The van der Waals surface area contributed by atoms with Crippen LogP contribution in [0.1, 0.15) is 10.6 Å². The van der Waals surface area contributed by atoms with Crippen LogP contribution in [-0.2, 0) is 0 Å². The molecule has 1 N–H and O–H groups in total. The molecule has 0 unspecified atom stereocenters. The summed E-state index contributed by atoms with van der Waals surface area (Å²) < 4.78 is 30.3. The van der Waals surface area contributed by atoms with E-state index >= 15 is 0 Å². The number of halogens is 2. The summed E-state index contributed by atoms with van der Waals surface area (Å²) in [6.07, 6.45) is 1.44. The van der Waals surface area contributed by atoms with Gasteiger partial charge >= 0.3 is 6.03 Å². The molecule has 26 heavy (non-hydrogen) atoms. The van der Waals surface area contributed by atoms with Gasteiger partial charge in [0.25, 0.3) is 11.7 Å². The summed E-state index contributed by atoms with van der Waals surface area (Å²) in [5.74, 6) is -2.52. The van der Waals surface area contributed by atoms with Gasteiger partial charge < -0.3 is 19.5 Å². The average Bonchev–Trinajstić information content (AvgIpc) is 3.17. The number of benzene rings is 1. The van der Waals surface area contributed by atoms with Crippen LogP contribution >= 0.6 is 11.8 Å². The highest BCUT2D eigenvalue weighted by Gasteiger charge is 2.26. The fourth-order valence-corrected chi connectivity index (χ4v) is 3.23. The number of nitrogens with one attached hydrogen (secondary N) is 1. The highest BCUT2D eigenvalue weighted by atomic mass is 32.2. The van der Waals surface area contributed by atoms with Gasteiger partial charge in [-0.25, -0.2) is 4.79 Å². The Morgan fingerprint density at radius 2 is 1.73 bits per heavy atom. The molecule has 2 aromatic rings. The maximum absolute atomic E-state index is 12.6. The zero-order chi connectivity index (χ0) is 18.5. The number of alkyl halides is 2. The van der Waals surface area contributed by atoms with Crippen molar-refractivity contribution in [1.82, 2.24) is 9.80 Å². The van der Waals surface area contributed by atoms with Crippen LogP contribution in [-0.4, -0.2) is 53.7 Å². The van der Waals surface area contributed by atoms with E-state index in [1.807, 2.05) is 0 Å². The molecule has 1 aliphatic heterocycles. The van der Waals surface area contributed by atoms with Crippen LogP contribution in [0.15, 0.2) is 52.0 Å². The predicted octanol–water partition coefficient (Wildman–Crippen LogP) is 3.58. The zero-order valence-electron chi connectivity index (χ0n) is 13.7. The van der Waals surface area contributed by atoms with Gasteiger partial charge in [-0.3, -0.25) is 4.79 Å². The van der Waals surface area contributed by atoms with E-state index in [4.69, 9.17) is 4.42 Å². The average molecular weight is 381 g/mol. The Kier molecular flexibility index (Phi) is 5.77. The minimum absolute atomic E-state index is 0.214. The summed E-state index contributed by atoms with van der Waals surface area (Å²) in [5.41, 5.74) is 0.344. The Labute approximate surface area is 153 Å². The van der Waals surface area contributed by atoms with Gasteiger partial charge in [-0.2, -0.15) is 8.78 Å². The molecule has 0 spiro atoms. The number of hydrogen-bond acceptors (Lipinski definition) is 4. The Morgan fingerprint density at radius 3 is 2.38 bits per heavy atom. The molecule has 1 aliphatic rings. The SMILES string of the molecule is O=C(Nc1ccccc1SC(F)F)N1CCN(C(=O)c2ccco2)CC1. The van der Waals surface area contributed by atoms with Crippen LogP contribution in [0.2, 0.25) is 0 Å². The lowest BCUT2D eigenvalue weighted by Crippen LogP contribution is -2.51. The number of carbonyl (C=O) groups is 2. The van der Waals surface area contributed by atoms with E-state index in [1.165, 1.54) is 12.3 Å². The molecule has 0 aliphatic carbocycles. The summed E-state index contributed by atoms with van der Waals surface area (Å²) in [7, 11) is 0. The van der Waals surface area contributed by atoms with Crippen LogP contribution < -0.4 is 5.32 Å². The number of nitrogens with zero attached hydrogens (tertiary/aromatic N) is 2. The largest absolute Gasteiger partial charge is 0.459 e. The molecule has 1 fully saturated rings. The quantitative estimate of drug-likeness (QED) is 0.822. The number of furan rings is 1. The monoisotopic (exact) mass is 381 g/mol. The first-order chi connectivity index (χ1) is 12.5. The summed E-state index contributed by atoms with van der Waals surface area (Å²) >= 11 is 0.387. The number of amides is 3. The first-order valence-electron chi connectivity index (χ1n) is 7.97. The maximum Gasteiger partial charge on any atom is 0.321 e. The molecule has 1 saturated heterocycles. The second-order valence-electron chi connectivity index (χ2n) is 5.56. The number of hydrogen-bond donors (Lipinski definition) is 1. The number of carbonyl (C=O) groups excluding carboxylic acids is 2. The van der Waals surface area contributed by atoms with Crippen molar-refractivity contribution in [3.63, 3.8) is 0 Å². The minimum Gasteiger partial charge on any atom is -0.459 e. The highest BCUT2D eigenvalue weighted by Crippen LogP contribution is 2.31. The van der Waals surface area contributed by atoms with Crippen LogP contribution in [0.3, 0.4) is 0 Å². The number of rotatable bonds is 4. The van der Waals surface area contributed by atoms with Crippen molar-refractivity contribution in [1.29, 1.82) is 0 Å². The second kappa shape index (κ2) is 8.22. The van der Waals surface area contributed by atoms with Gasteiger partial charge in [-0.15, -0.1) is 0 Å². The van der Waals surface area contributed by atoms with Gasteiger partial charge in [0.2, 0.25) is 0 Å². The lowest BCUT2D eigenvalue weighted by molar-refractivity contribution is 0.0640. The molecular weight excluding hydrogens is 364 g/mol. The molecule has 1 aromatic carbocycles. The third-order valence-electron chi connectivity index (χ3n) is 3.93. The number of urea groups is 1. The zero-order valence-corrected chi connectivity index (χ0v) is 14.5. The Morgan fingerprint density at radius 1 is 1.04 bits per heavy atom. The van der Waals surface area contributed by atoms with Gasteiger partial charge in [0.15, 0.2) is 5.76 Å². The number of anilines is 1. The van der Waals surface area contributed by atoms with Crippen LogP contribution in [0, 0.1) is 0 Å². The fourth-order valence-electron chi connectivity index (χ4n) is 2.63. The highest BCUT2D eigenvalue weighted by molar-refractivity contribution is 7.99. The summed E-state index contributed by atoms with van der Waals surface area (Å²) in [6, 6.07) is 9.29. The van der Waals surface area contributed by atoms with Gasteiger partial charge in [0.1, 0.15) is 0 Å². The van der Waals surface area contributed by atoms with Crippen molar-refractivity contribution < 1.29 is 22.8 Å². The molecule has 138 valence electrons. The first-order valence-corrected chi connectivity index (χ1v) is 8.85. The number of piperazine rings is 1. The molecular formula is C17H17F2N3O3S. The third-order valence-corrected chi connectivity index (χ3v) is 4.72. The molecule has 1 aromatic heterocycles. The normalized spacial score (nSPS) is 14.6. The van der Waals surface area contributed by atoms with Crippen LogP contribution in [0.4, 0.5) is 19.3 Å². The van der Waals surface area contributed by atoms with Gasteiger partial charge in [-0.05, 0) is 24.3 Å². The van der Waals surface area contributed by atoms with E-state index in [0.717, 1.165) is 0 Å². The number of para-hydroxylation sites is 1.